The number of nitrogen functional groups attached to an aromatic ring is 1. The maximum Gasteiger partial charge on any atom is 0.292 e. The lowest BCUT2D eigenvalue weighted by Gasteiger charge is -1.97. The third-order valence-corrected chi connectivity index (χ3v) is 1.70. The Balaban J connectivity index is 2.52. The maximum atomic E-state index is 5.35. The second-order valence-electron chi connectivity index (χ2n) is 2.58. The summed E-state index contributed by atoms with van der Waals surface area (Å²) in [5.74, 6) is 0.593. The molecule has 0 saturated heterocycles. The van der Waals surface area contributed by atoms with E-state index in [0.29, 0.717) is 5.76 Å². The van der Waals surface area contributed by atoms with E-state index >= 15 is 0 Å². The van der Waals surface area contributed by atoms with Crippen LogP contribution in [-0.2, 0) is 0 Å². The zero-order valence-corrected chi connectivity index (χ0v) is 7.06. The summed E-state index contributed by atoms with van der Waals surface area (Å²) in [4.78, 5) is 11.7. The molecular weight excluding hydrogens is 168 g/mol. The Morgan fingerprint density at radius 2 is 2.15 bits per heavy atom. The van der Waals surface area contributed by atoms with Crippen LogP contribution in [0.15, 0.2) is 23.1 Å². The fourth-order valence-electron chi connectivity index (χ4n) is 1.04. The third-order valence-electron chi connectivity index (χ3n) is 1.70. The van der Waals surface area contributed by atoms with E-state index in [4.69, 9.17) is 10.2 Å². The number of aromatic nitrogens is 3. The molecule has 13 heavy (non-hydrogen) atoms. The van der Waals surface area contributed by atoms with Gasteiger partial charge in [-0.2, -0.15) is 0 Å². The van der Waals surface area contributed by atoms with Crippen molar-refractivity contribution in [3.63, 3.8) is 0 Å². The first-order valence-corrected chi connectivity index (χ1v) is 3.75. The Morgan fingerprint density at radius 3 is 2.77 bits per heavy atom. The molecule has 5 heteroatoms. The monoisotopic (exact) mass is 176 g/mol. The first-order valence-electron chi connectivity index (χ1n) is 3.75. The van der Waals surface area contributed by atoms with E-state index in [2.05, 4.69) is 15.0 Å². The summed E-state index contributed by atoms with van der Waals surface area (Å²) in [5.41, 5.74) is 7.00. The van der Waals surface area contributed by atoms with E-state index in [1.54, 1.807) is 12.4 Å². The minimum Gasteiger partial charge on any atom is -0.424 e. The standard InChI is InChI=1S/C8H8N4O/c1-5-6(2-10-4-12-5)7-3-11-8(9)13-7/h2-4H,1H3,(H2,9,11). The van der Waals surface area contributed by atoms with Crippen molar-refractivity contribution >= 4 is 6.01 Å². The highest BCUT2D eigenvalue weighted by Gasteiger charge is 2.07. The zero-order valence-electron chi connectivity index (χ0n) is 7.06. The Bertz CT molecular complexity index is 424. The summed E-state index contributed by atoms with van der Waals surface area (Å²) in [6.07, 6.45) is 4.71. The van der Waals surface area contributed by atoms with Gasteiger partial charge in [-0.3, -0.25) is 0 Å². The normalized spacial score (nSPS) is 10.2. The molecule has 0 amide bonds. The number of nitrogens with zero attached hydrogens (tertiary/aromatic N) is 3. The zero-order chi connectivity index (χ0) is 9.26. The molecule has 2 N–H and O–H groups in total. The molecule has 2 aromatic heterocycles. The van der Waals surface area contributed by atoms with Gasteiger partial charge in [-0.25, -0.2) is 15.0 Å². The van der Waals surface area contributed by atoms with Crippen LogP contribution in [0.4, 0.5) is 6.01 Å². The van der Waals surface area contributed by atoms with Crippen molar-refractivity contribution in [1.82, 2.24) is 15.0 Å². The van der Waals surface area contributed by atoms with E-state index in [-0.39, 0.29) is 6.01 Å². The van der Waals surface area contributed by atoms with E-state index < -0.39 is 0 Å². The highest BCUT2D eigenvalue weighted by atomic mass is 16.4. The van der Waals surface area contributed by atoms with Gasteiger partial charge in [0.2, 0.25) is 0 Å². The fourth-order valence-corrected chi connectivity index (χ4v) is 1.04. The number of oxazole rings is 1. The summed E-state index contributed by atoms with van der Waals surface area (Å²) in [6.45, 7) is 1.87. The van der Waals surface area contributed by atoms with Crippen LogP contribution in [0.2, 0.25) is 0 Å². The van der Waals surface area contributed by atoms with Crippen molar-refractivity contribution in [2.24, 2.45) is 0 Å². The second kappa shape index (κ2) is 2.85. The predicted octanol–water partition coefficient (Wildman–Crippen LogP) is 1.02. The lowest BCUT2D eigenvalue weighted by Crippen LogP contribution is -1.87. The Morgan fingerprint density at radius 1 is 1.31 bits per heavy atom. The first-order chi connectivity index (χ1) is 6.27. The molecule has 0 atom stereocenters. The minimum atomic E-state index is 0.151. The molecular formula is C8H8N4O. The van der Waals surface area contributed by atoms with Crippen LogP contribution in [-0.4, -0.2) is 15.0 Å². The molecule has 0 aliphatic heterocycles. The lowest BCUT2D eigenvalue weighted by atomic mass is 10.2. The van der Waals surface area contributed by atoms with Gasteiger partial charge in [0.1, 0.15) is 6.33 Å². The van der Waals surface area contributed by atoms with Gasteiger partial charge in [-0.05, 0) is 6.92 Å². The van der Waals surface area contributed by atoms with Gasteiger partial charge in [0.05, 0.1) is 17.5 Å². The number of hydrogen-bond donors (Lipinski definition) is 1. The number of anilines is 1. The summed E-state index contributed by atoms with van der Waals surface area (Å²) in [5, 5.41) is 0. The predicted molar refractivity (Wildman–Crippen MR) is 46.7 cm³/mol. The molecule has 0 radical (unpaired) electrons. The van der Waals surface area contributed by atoms with Crippen LogP contribution >= 0.6 is 0 Å². The minimum absolute atomic E-state index is 0.151. The van der Waals surface area contributed by atoms with Gasteiger partial charge in [-0.1, -0.05) is 0 Å². The van der Waals surface area contributed by atoms with Gasteiger partial charge in [0.25, 0.3) is 6.01 Å². The van der Waals surface area contributed by atoms with Crippen molar-refractivity contribution < 1.29 is 4.42 Å². The first kappa shape index (κ1) is 7.72. The average molecular weight is 176 g/mol. The second-order valence-corrected chi connectivity index (χ2v) is 2.58. The van der Waals surface area contributed by atoms with E-state index in [1.807, 2.05) is 6.92 Å². The van der Waals surface area contributed by atoms with Crippen molar-refractivity contribution in [2.75, 3.05) is 5.73 Å². The molecule has 2 aromatic rings. The largest absolute Gasteiger partial charge is 0.424 e. The van der Waals surface area contributed by atoms with Crippen LogP contribution in [0, 0.1) is 6.92 Å². The third kappa shape index (κ3) is 1.35. The molecule has 0 spiro atoms. The number of rotatable bonds is 1. The average Bonchev–Trinajstić information content (AvgIpc) is 2.53. The number of nitrogens with two attached hydrogens (primary N) is 1. The number of hydrogen-bond acceptors (Lipinski definition) is 5. The molecule has 0 aliphatic carbocycles. The van der Waals surface area contributed by atoms with E-state index in [9.17, 15) is 0 Å². The van der Waals surface area contributed by atoms with Crippen LogP contribution < -0.4 is 5.73 Å². The molecule has 0 bridgehead atoms. The van der Waals surface area contributed by atoms with Crippen LogP contribution in [0.5, 0.6) is 0 Å². The van der Waals surface area contributed by atoms with Crippen molar-refractivity contribution in [3.05, 3.63) is 24.4 Å². The molecule has 2 heterocycles. The summed E-state index contributed by atoms with van der Waals surface area (Å²) >= 11 is 0. The van der Waals surface area contributed by atoms with Gasteiger partial charge >= 0.3 is 0 Å². The van der Waals surface area contributed by atoms with Crippen LogP contribution in [0.25, 0.3) is 11.3 Å². The van der Waals surface area contributed by atoms with Gasteiger partial charge in [-0.15, -0.1) is 0 Å². The van der Waals surface area contributed by atoms with Crippen molar-refractivity contribution in [1.29, 1.82) is 0 Å². The maximum absolute atomic E-state index is 5.35. The van der Waals surface area contributed by atoms with Crippen molar-refractivity contribution in [2.45, 2.75) is 6.92 Å². The van der Waals surface area contributed by atoms with E-state index in [1.165, 1.54) is 6.33 Å². The topological polar surface area (TPSA) is 77.8 Å². The number of aryl methyl sites for hydroxylation is 1. The Hall–Kier alpha value is -1.91. The lowest BCUT2D eigenvalue weighted by molar-refractivity contribution is 0.593. The molecule has 66 valence electrons. The van der Waals surface area contributed by atoms with Gasteiger partial charge in [0.15, 0.2) is 5.76 Å². The molecule has 0 saturated carbocycles. The molecule has 0 aliphatic rings. The molecule has 2 rings (SSSR count). The summed E-state index contributed by atoms with van der Waals surface area (Å²) < 4.78 is 5.14. The highest BCUT2D eigenvalue weighted by molar-refractivity contribution is 5.58. The van der Waals surface area contributed by atoms with Gasteiger partial charge < -0.3 is 10.2 Å². The molecule has 5 nitrogen and oxygen atoms in total. The summed E-state index contributed by atoms with van der Waals surface area (Å²) in [6, 6.07) is 0.151. The quantitative estimate of drug-likeness (QED) is 0.701. The Labute approximate surface area is 74.6 Å². The molecule has 0 unspecified atom stereocenters. The highest BCUT2D eigenvalue weighted by Crippen LogP contribution is 2.21. The summed E-state index contributed by atoms with van der Waals surface area (Å²) in [7, 11) is 0. The fraction of sp³-hybridized carbons (Fsp3) is 0.125. The van der Waals surface area contributed by atoms with E-state index in [0.717, 1.165) is 11.3 Å². The SMILES string of the molecule is Cc1ncncc1-c1cnc(N)o1. The van der Waals surface area contributed by atoms with Crippen LogP contribution in [0.1, 0.15) is 5.69 Å². The van der Waals surface area contributed by atoms with Crippen molar-refractivity contribution in [3.8, 4) is 11.3 Å². The van der Waals surface area contributed by atoms with Gasteiger partial charge in [0, 0.05) is 6.20 Å². The Kier molecular flexibility index (Phi) is 1.70. The smallest absolute Gasteiger partial charge is 0.292 e. The molecule has 0 fully saturated rings. The van der Waals surface area contributed by atoms with Crippen LogP contribution in [0.3, 0.4) is 0 Å². The molecule has 0 aromatic carbocycles.